The van der Waals surface area contributed by atoms with Gasteiger partial charge < -0.3 is 5.73 Å². The van der Waals surface area contributed by atoms with Gasteiger partial charge in [-0.3, -0.25) is 4.79 Å². The van der Waals surface area contributed by atoms with Gasteiger partial charge in [-0.15, -0.1) is 0 Å². The summed E-state index contributed by atoms with van der Waals surface area (Å²) in [6.45, 7) is 1.88. The fourth-order valence-electron chi connectivity index (χ4n) is 0.934. The second kappa shape index (κ2) is 3.14. The predicted octanol–water partition coefficient (Wildman–Crippen LogP) is -0.216. The van der Waals surface area contributed by atoms with Crippen LogP contribution in [0.3, 0.4) is 0 Å². The second-order valence-corrected chi connectivity index (χ2v) is 2.26. The molecular weight excluding hydrogens is 144 g/mol. The Kier molecular flexibility index (Phi) is 2.20. The number of nitrogens with zero attached hydrogens (tertiary/aromatic N) is 2. The Balaban J connectivity index is 2.79. The Morgan fingerprint density at radius 3 is 3.00 bits per heavy atom. The SMILES string of the molecule is CCC(C(N)=O)c1cn[nH]n1. The molecule has 1 atom stereocenters. The fraction of sp³-hybridized carbons (Fsp3) is 0.500. The summed E-state index contributed by atoms with van der Waals surface area (Å²) >= 11 is 0. The van der Waals surface area contributed by atoms with Crippen molar-refractivity contribution in [2.75, 3.05) is 0 Å². The summed E-state index contributed by atoms with van der Waals surface area (Å²) in [4.78, 5) is 10.8. The highest BCUT2D eigenvalue weighted by Crippen LogP contribution is 2.14. The summed E-state index contributed by atoms with van der Waals surface area (Å²) in [6, 6.07) is 0. The molecular formula is C6H10N4O. The largest absolute Gasteiger partial charge is 0.369 e. The lowest BCUT2D eigenvalue weighted by Crippen LogP contribution is -2.21. The maximum atomic E-state index is 10.8. The van der Waals surface area contributed by atoms with E-state index in [-0.39, 0.29) is 11.8 Å². The summed E-state index contributed by atoms with van der Waals surface area (Å²) in [7, 11) is 0. The summed E-state index contributed by atoms with van der Waals surface area (Å²) in [6.07, 6.45) is 2.17. The van der Waals surface area contributed by atoms with Crippen molar-refractivity contribution in [3.8, 4) is 0 Å². The molecule has 1 unspecified atom stereocenters. The van der Waals surface area contributed by atoms with Crippen LogP contribution >= 0.6 is 0 Å². The highest BCUT2D eigenvalue weighted by Gasteiger charge is 2.17. The Hall–Kier alpha value is -1.39. The molecule has 1 aromatic rings. The predicted molar refractivity (Wildman–Crippen MR) is 38.6 cm³/mol. The number of hydrogen-bond donors (Lipinski definition) is 2. The Morgan fingerprint density at radius 1 is 1.91 bits per heavy atom. The molecule has 0 fully saturated rings. The van der Waals surface area contributed by atoms with Crippen molar-refractivity contribution in [2.45, 2.75) is 19.3 Å². The van der Waals surface area contributed by atoms with Gasteiger partial charge in [0.25, 0.3) is 0 Å². The van der Waals surface area contributed by atoms with E-state index in [1.165, 1.54) is 6.20 Å². The van der Waals surface area contributed by atoms with E-state index in [0.29, 0.717) is 12.1 Å². The summed E-state index contributed by atoms with van der Waals surface area (Å²) in [5.74, 6) is -0.671. The molecule has 1 rings (SSSR count). The number of nitrogens with two attached hydrogens (primary N) is 1. The lowest BCUT2D eigenvalue weighted by Gasteiger charge is -2.04. The van der Waals surface area contributed by atoms with Crippen LogP contribution < -0.4 is 5.73 Å². The number of carbonyl (C=O) groups excluding carboxylic acids is 1. The minimum absolute atomic E-state index is 0.311. The molecule has 60 valence electrons. The van der Waals surface area contributed by atoms with Gasteiger partial charge in [-0.05, 0) is 6.42 Å². The monoisotopic (exact) mass is 154 g/mol. The van der Waals surface area contributed by atoms with Crippen molar-refractivity contribution >= 4 is 5.91 Å². The van der Waals surface area contributed by atoms with Crippen LogP contribution in [0.5, 0.6) is 0 Å². The molecule has 0 aliphatic rings. The highest BCUT2D eigenvalue weighted by atomic mass is 16.1. The number of H-pyrrole nitrogens is 1. The third-order valence-corrected chi connectivity index (χ3v) is 1.54. The topological polar surface area (TPSA) is 84.7 Å². The van der Waals surface area contributed by atoms with Crippen LogP contribution in [0.2, 0.25) is 0 Å². The fourth-order valence-corrected chi connectivity index (χ4v) is 0.934. The van der Waals surface area contributed by atoms with E-state index in [1.54, 1.807) is 0 Å². The van der Waals surface area contributed by atoms with Crippen LogP contribution in [0, 0.1) is 0 Å². The first-order valence-electron chi connectivity index (χ1n) is 3.40. The zero-order valence-corrected chi connectivity index (χ0v) is 6.24. The third-order valence-electron chi connectivity index (χ3n) is 1.54. The molecule has 0 aliphatic carbocycles. The second-order valence-electron chi connectivity index (χ2n) is 2.26. The van der Waals surface area contributed by atoms with E-state index in [9.17, 15) is 4.79 Å². The van der Waals surface area contributed by atoms with Gasteiger partial charge in [-0.25, -0.2) is 0 Å². The van der Waals surface area contributed by atoms with Crippen LogP contribution in [-0.4, -0.2) is 21.3 Å². The molecule has 0 bridgehead atoms. The minimum Gasteiger partial charge on any atom is -0.369 e. The van der Waals surface area contributed by atoms with E-state index < -0.39 is 0 Å². The molecule has 0 aliphatic heterocycles. The van der Waals surface area contributed by atoms with E-state index in [1.807, 2.05) is 6.92 Å². The molecule has 1 aromatic heterocycles. The van der Waals surface area contributed by atoms with Crippen LogP contribution in [0.4, 0.5) is 0 Å². The molecule has 3 N–H and O–H groups in total. The van der Waals surface area contributed by atoms with Gasteiger partial charge in [0.05, 0.1) is 17.8 Å². The van der Waals surface area contributed by atoms with Gasteiger partial charge in [0.2, 0.25) is 5.91 Å². The van der Waals surface area contributed by atoms with Gasteiger partial charge in [0.1, 0.15) is 0 Å². The first kappa shape index (κ1) is 7.71. The van der Waals surface area contributed by atoms with Crippen LogP contribution in [-0.2, 0) is 4.79 Å². The number of primary amides is 1. The van der Waals surface area contributed by atoms with Crippen molar-refractivity contribution in [2.24, 2.45) is 5.73 Å². The van der Waals surface area contributed by atoms with E-state index in [4.69, 9.17) is 5.73 Å². The number of aromatic nitrogens is 3. The number of aromatic amines is 1. The maximum Gasteiger partial charge on any atom is 0.226 e. The number of amides is 1. The van der Waals surface area contributed by atoms with Gasteiger partial charge in [0.15, 0.2) is 0 Å². The Morgan fingerprint density at radius 2 is 2.64 bits per heavy atom. The zero-order chi connectivity index (χ0) is 8.27. The van der Waals surface area contributed by atoms with Crippen LogP contribution in [0.15, 0.2) is 6.20 Å². The molecule has 0 saturated heterocycles. The lowest BCUT2D eigenvalue weighted by atomic mass is 10.0. The lowest BCUT2D eigenvalue weighted by molar-refractivity contribution is -0.119. The van der Waals surface area contributed by atoms with Gasteiger partial charge in [-0.1, -0.05) is 6.92 Å². The molecule has 11 heavy (non-hydrogen) atoms. The third kappa shape index (κ3) is 1.54. The van der Waals surface area contributed by atoms with E-state index >= 15 is 0 Å². The quantitative estimate of drug-likeness (QED) is 0.631. The average Bonchev–Trinajstić information content (AvgIpc) is 2.40. The normalized spacial score (nSPS) is 12.8. The molecule has 0 spiro atoms. The summed E-state index contributed by atoms with van der Waals surface area (Å²) < 4.78 is 0. The van der Waals surface area contributed by atoms with Crippen molar-refractivity contribution in [3.63, 3.8) is 0 Å². The smallest absolute Gasteiger partial charge is 0.226 e. The number of hydrogen-bond acceptors (Lipinski definition) is 3. The standard InChI is InChI=1S/C6H10N4O/c1-2-4(6(7)11)5-3-8-10-9-5/h3-4H,2H2,1H3,(H2,7,11)(H,8,9,10). The zero-order valence-electron chi connectivity index (χ0n) is 6.24. The van der Waals surface area contributed by atoms with Gasteiger partial charge >= 0.3 is 0 Å². The van der Waals surface area contributed by atoms with Gasteiger partial charge in [0, 0.05) is 0 Å². The van der Waals surface area contributed by atoms with Gasteiger partial charge in [-0.2, -0.15) is 15.4 Å². The first-order chi connectivity index (χ1) is 5.25. The summed E-state index contributed by atoms with van der Waals surface area (Å²) in [5, 5.41) is 9.79. The summed E-state index contributed by atoms with van der Waals surface area (Å²) in [5.41, 5.74) is 5.73. The van der Waals surface area contributed by atoms with Crippen molar-refractivity contribution < 1.29 is 4.79 Å². The maximum absolute atomic E-state index is 10.8. The number of rotatable bonds is 3. The Labute approximate surface area is 64.0 Å². The van der Waals surface area contributed by atoms with E-state index in [2.05, 4.69) is 15.4 Å². The van der Waals surface area contributed by atoms with Crippen LogP contribution in [0.1, 0.15) is 25.0 Å². The molecule has 1 heterocycles. The average molecular weight is 154 g/mol. The molecule has 5 heteroatoms. The minimum atomic E-state index is -0.360. The molecule has 1 amide bonds. The molecule has 0 saturated carbocycles. The molecule has 0 radical (unpaired) electrons. The Bertz CT molecular complexity index is 231. The van der Waals surface area contributed by atoms with E-state index in [0.717, 1.165) is 0 Å². The van der Waals surface area contributed by atoms with Crippen LogP contribution in [0.25, 0.3) is 0 Å². The molecule has 5 nitrogen and oxygen atoms in total. The first-order valence-corrected chi connectivity index (χ1v) is 3.40. The van der Waals surface area contributed by atoms with Crippen molar-refractivity contribution in [1.82, 2.24) is 15.4 Å². The number of nitrogens with one attached hydrogen (secondary N) is 1. The molecule has 0 aromatic carbocycles. The highest BCUT2D eigenvalue weighted by molar-refractivity contribution is 5.81. The number of carbonyl (C=O) groups is 1. The van der Waals surface area contributed by atoms with Crippen molar-refractivity contribution in [3.05, 3.63) is 11.9 Å². The van der Waals surface area contributed by atoms with Crippen molar-refractivity contribution in [1.29, 1.82) is 0 Å².